The number of carbonyl (C=O) groups excluding carboxylic acids is 1. The summed E-state index contributed by atoms with van der Waals surface area (Å²) in [6, 6.07) is 7.80. The summed E-state index contributed by atoms with van der Waals surface area (Å²) in [6.45, 7) is 2.93. The van der Waals surface area contributed by atoms with Gasteiger partial charge in [0.05, 0.1) is 6.04 Å². The van der Waals surface area contributed by atoms with Crippen LogP contribution in [0.3, 0.4) is 0 Å². The molecule has 2 aromatic rings. The SMILES string of the molecule is Cc1cccc(N(C)C(=O)c2noc(C3CCCN3)n2)c1. The summed E-state index contributed by atoms with van der Waals surface area (Å²) in [5.74, 6) is 0.324. The van der Waals surface area contributed by atoms with Crippen molar-refractivity contribution in [3.8, 4) is 0 Å². The van der Waals surface area contributed by atoms with Crippen LogP contribution in [0.2, 0.25) is 0 Å². The van der Waals surface area contributed by atoms with Gasteiger partial charge in [0.15, 0.2) is 0 Å². The lowest BCUT2D eigenvalue weighted by Gasteiger charge is -2.15. The van der Waals surface area contributed by atoms with Crippen LogP contribution in [-0.4, -0.2) is 29.6 Å². The second-order valence-electron chi connectivity index (χ2n) is 5.31. The fraction of sp³-hybridized carbons (Fsp3) is 0.400. The summed E-state index contributed by atoms with van der Waals surface area (Å²) >= 11 is 0. The monoisotopic (exact) mass is 286 g/mol. The van der Waals surface area contributed by atoms with Crippen LogP contribution in [0.4, 0.5) is 5.69 Å². The number of nitrogens with zero attached hydrogens (tertiary/aromatic N) is 3. The molecule has 0 radical (unpaired) electrons. The highest BCUT2D eigenvalue weighted by Crippen LogP contribution is 2.22. The Morgan fingerprint density at radius 2 is 2.33 bits per heavy atom. The number of hydrogen-bond donors (Lipinski definition) is 1. The van der Waals surface area contributed by atoms with Gasteiger partial charge in [-0.3, -0.25) is 4.79 Å². The van der Waals surface area contributed by atoms with Gasteiger partial charge in [-0.1, -0.05) is 17.3 Å². The molecule has 1 atom stereocenters. The average Bonchev–Trinajstić information content (AvgIpc) is 3.16. The molecule has 6 nitrogen and oxygen atoms in total. The van der Waals surface area contributed by atoms with Gasteiger partial charge in [-0.2, -0.15) is 4.98 Å². The van der Waals surface area contributed by atoms with E-state index in [1.807, 2.05) is 31.2 Å². The predicted molar refractivity (Wildman–Crippen MR) is 78.2 cm³/mol. The molecule has 1 saturated heterocycles. The number of nitrogens with one attached hydrogen (secondary N) is 1. The van der Waals surface area contributed by atoms with E-state index in [0.717, 1.165) is 30.6 Å². The summed E-state index contributed by atoms with van der Waals surface area (Å²) in [5, 5.41) is 7.08. The van der Waals surface area contributed by atoms with Crippen molar-refractivity contribution in [1.29, 1.82) is 0 Å². The highest BCUT2D eigenvalue weighted by molar-refractivity contribution is 6.03. The van der Waals surface area contributed by atoms with Crippen molar-refractivity contribution in [2.24, 2.45) is 0 Å². The molecule has 1 amide bonds. The molecule has 0 aliphatic carbocycles. The summed E-state index contributed by atoms with van der Waals surface area (Å²) in [7, 11) is 1.71. The summed E-state index contributed by atoms with van der Waals surface area (Å²) in [5.41, 5.74) is 1.90. The van der Waals surface area contributed by atoms with Crippen LogP contribution in [0.1, 0.15) is 41.0 Å². The van der Waals surface area contributed by atoms with Crippen LogP contribution < -0.4 is 10.2 Å². The molecule has 0 bridgehead atoms. The maximum absolute atomic E-state index is 12.4. The minimum atomic E-state index is -0.270. The van der Waals surface area contributed by atoms with Crippen molar-refractivity contribution in [3.63, 3.8) is 0 Å². The minimum absolute atomic E-state index is 0.0725. The van der Waals surface area contributed by atoms with Crippen LogP contribution in [0.5, 0.6) is 0 Å². The zero-order valence-electron chi connectivity index (χ0n) is 12.2. The van der Waals surface area contributed by atoms with E-state index in [2.05, 4.69) is 15.5 Å². The first kappa shape index (κ1) is 13.8. The van der Waals surface area contributed by atoms with Crippen molar-refractivity contribution in [1.82, 2.24) is 15.5 Å². The van der Waals surface area contributed by atoms with Gasteiger partial charge in [0.25, 0.3) is 11.7 Å². The van der Waals surface area contributed by atoms with Crippen molar-refractivity contribution in [2.75, 3.05) is 18.5 Å². The van der Waals surface area contributed by atoms with Gasteiger partial charge in [-0.05, 0) is 44.0 Å². The fourth-order valence-corrected chi connectivity index (χ4v) is 2.46. The summed E-state index contributed by atoms with van der Waals surface area (Å²) in [4.78, 5) is 18.2. The lowest BCUT2D eigenvalue weighted by molar-refractivity contribution is 0.0980. The zero-order valence-corrected chi connectivity index (χ0v) is 12.2. The second-order valence-corrected chi connectivity index (χ2v) is 5.31. The number of anilines is 1. The van der Waals surface area contributed by atoms with Crippen LogP contribution in [0.25, 0.3) is 0 Å². The third-order valence-corrected chi connectivity index (χ3v) is 3.69. The van der Waals surface area contributed by atoms with Crippen LogP contribution in [0, 0.1) is 6.92 Å². The number of amides is 1. The number of aromatic nitrogens is 2. The van der Waals surface area contributed by atoms with Crippen LogP contribution in [-0.2, 0) is 0 Å². The van der Waals surface area contributed by atoms with Crippen molar-refractivity contribution >= 4 is 11.6 Å². The Morgan fingerprint density at radius 3 is 3.05 bits per heavy atom. The van der Waals surface area contributed by atoms with Crippen molar-refractivity contribution < 1.29 is 9.32 Å². The normalized spacial score (nSPS) is 17.9. The molecule has 1 aliphatic heterocycles. The van der Waals surface area contributed by atoms with Gasteiger partial charge < -0.3 is 14.7 Å². The van der Waals surface area contributed by atoms with Crippen molar-refractivity contribution in [2.45, 2.75) is 25.8 Å². The number of hydrogen-bond acceptors (Lipinski definition) is 5. The minimum Gasteiger partial charge on any atom is -0.337 e. The smallest absolute Gasteiger partial charge is 0.299 e. The first-order valence-corrected chi connectivity index (χ1v) is 7.07. The molecule has 1 aromatic heterocycles. The third-order valence-electron chi connectivity index (χ3n) is 3.69. The molecule has 110 valence electrons. The first-order valence-electron chi connectivity index (χ1n) is 7.07. The first-order chi connectivity index (χ1) is 10.1. The van der Waals surface area contributed by atoms with E-state index in [-0.39, 0.29) is 17.8 Å². The number of aryl methyl sites for hydroxylation is 1. The maximum Gasteiger partial charge on any atom is 0.299 e. The standard InChI is InChI=1S/C15H18N4O2/c1-10-5-3-6-11(9-10)19(2)15(20)13-17-14(21-18-13)12-7-4-8-16-12/h3,5-6,9,12,16H,4,7-8H2,1-2H3. The molecule has 1 unspecified atom stereocenters. The molecule has 1 aliphatic rings. The van der Waals surface area contributed by atoms with Crippen LogP contribution >= 0.6 is 0 Å². The van der Waals surface area contributed by atoms with E-state index in [0.29, 0.717) is 5.89 Å². The van der Waals surface area contributed by atoms with E-state index in [1.54, 1.807) is 7.05 Å². The lowest BCUT2D eigenvalue weighted by Crippen LogP contribution is -2.27. The highest BCUT2D eigenvalue weighted by Gasteiger charge is 2.25. The molecule has 1 aromatic carbocycles. The molecule has 2 heterocycles. The Morgan fingerprint density at radius 1 is 1.48 bits per heavy atom. The molecular formula is C15H18N4O2. The Hall–Kier alpha value is -2.21. The Labute approximate surface area is 123 Å². The van der Waals surface area contributed by atoms with Gasteiger partial charge in [0.2, 0.25) is 5.89 Å². The van der Waals surface area contributed by atoms with E-state index in [9.17, 15) is 4.79 Å². The average molecular weight is 286 g/mol. The summed E-state index contributed by atoms with van der Waals surface area (Å²) in [6.07, 6.45) is 2.04. The third kappa shape index (κ3) is 2.80. The highest BCUT2D eigenvalue weighted by atomic mass is 16.5. The molecule has 1 N–H and O–H groups in total. The van der Waals surface area contributed by atoms with E-state index < -0.39 is 0 Å². The summed E-state index contributed by atoms with van der Waals surface area (Å²) < 4.78 is 5.21. The Kier molecular flexibility index (Phi) is 3.70. The van der Waals surface area contributed by atoms with Gasteiger partial charge in [0, 0.05) is 12.7 Å². The quantitative estimate of drug-likeness (QED) is 0.935. The maximum atomic E-state index is 12.4. The Bertz CT molecular complexity index is 647. The van der Waals surface area contributed by atoms with Crippen LogP contribution in [0.15, 0.2) is 28.8 Å². The van der Waals surface area contributed by atoms with Gasteiger partial charge in [-0.15, -0.1) is 0 Å². The van der Waals surface area contributed by atoms with E-state index in [1.165, 1.54) is 4.90 Å². The molecule has 21 heavy (non-hydrogen) atoms. The van der Waals surface area contributed by atoms with Gasteiger partial charge in [0.1, 0.15) is 0 Å². The largest absolute Gasteiger partial charge is 0.337 e. The molecule has 3 rings (SSSR count). The van der Waals surface area contributed by atoms with Gasteiger partial charge in [-0.25, -0.2) is 0 Å². The molecule has 0 saturated carbocycles. The second kappa shape index (κ2) is 5.65. The molecule has 0 spiro atoms. The molecular weight excluding hydrogens is 268 g/mol. The predicted octanol–water partition coefficient (Wildman–Crippen LogP) is 2.08. The lowest BCUT2D eigenvalue weighted by atomic mass is 10.2. The molecule has 1 fully saturated rings. The van der Waals surface area contributed by atoms with Crippen molar-refractivity contribution in [3.05, 3.63) is 41.5 Å². The number of carbonyl (C=O) groups is 1. The topological polar surface area (TPSA) is 71.3 Å². The van der Waals surface area contributed by atoms with Gasteiger partial charge >= 0.3 is 0 Å². The number of benzene rings is 1. The Balaban J connectivity index is 1.78. The fourth-order valence-electron chi connectivity index (χ4n) is 2.46. The molecule has 6 heteroatoms. The number of rotatable bonds is 3. The van der Waals surface area contributed by atoms with E-state index >= 15 is 0 Å². The van der Waals surface area contributed by atoms with E-state index in [4.69, 9.17) is 4.52 Å². The zero-order chi connectivity index (χ0) is 14.8.